The molecule has 0 radical (unpaired) electrons. The van der Waals surface area contributed by atoms with Crippen molar-refractivity contribution in [2.24, 2.45) is 5.73 Å². The van der Waals surface area contributed by atoms with Gasteiger partial charge in [0.05, 0.1) is 5.54 Å². The van der Waals surface area contributed by atoms with Crippen molar-refractivity contribution in [3.8, 4) is 11.6 Å². The van der Waals surface area contributed by atoms with Gasteiger partial charge < -0.3 is 19.5 Å². The number of nitrogens with two attached hydrogens (primary N) is 1. The van der Waals surface area contributed by atoms with Crippen LogP contribution in [-0.4, -0.2) is 22.4 Å². The Balaban J connectivity index is 0.00000147. The highest BCUT2D eigenvalue weighted by Gasteiger charge is 2.36. The van der Waals surface area contributed by atoms with Crippen LogP contribution in [0.25, 0.3) is 11.6 Å². The van der Waals surface area contributed by atoms with Crippen molar-refractivity contribution in [1.29, 1.82) is 0 Å². The molecule has 0 aliphatic heterocycles. The molecule has 8 heteroatoms. The molecule has 0 spiro atoms. The summed E-state index contributed by atoms with van der Waals surface area (Å²) in [6, 6.07) is 1.72. The standard InChI is InChI=1S/C12H16N4O3.ClH/c1-17-7-8-6-9(15-18-8)10-14-11(16-19-10)12(13)4-2-3-5-12;/h6H,2-5,7,13H2,1H3;1H. The predicted molar refractivity (Wildman–Crippen MR) is 72.1 cm³/mol. The SMILES string of the molecule is COCc1cc(-c2nc(C3(N)CCCC3)no2)no1.Cl. The zero-order valence-electron chi connectivity index (χ0n) is 11.2. The van der Waals surface area contributed by atoms with E-state index in [9.17, 15) is 0 Å². The Morgan fingerprint density at radius 3 is 2.75 bits per heavy atom. The van der Waals surface area contributed by atoms with Gasteiger partial charge in [-0.2, -0.15) is 4.98 Å². The van der Waals surface area contributed by atoms with E-state index in [1.807, 2.05) is 0 Å². The minimum Gasteiger partial charge on any atom is -0.377 e. The van der Waals surface area contributed by atoms with Crippen LogP contribution in [0.4, 0.5) is 0 Å². The molecule has 2 heterocycles. The third kappa shape index (κ3) is 2.70. The van der Waals surface area contributed by atoms with Crippen molar-refractivity contribution >= 4 is 12.4 Å². The van der Waals surface area contributed by atoms with Crippen LogP contribution in [0.15, 0.2) is 15.1 Å². The van der Waals surface area contributed by atoms with Gasteiger partial charge in [-0.15, -0.1) is 12.4 Å². The van der Waals surface area contributed by atoms with Crippen LogP contribution in [0, 0.1) is 0 Å². The fourth-order valence-electron chi connectivity index (χ4n) is 2.38. The van der Waals surface area contributed by atoms with Gasteiger partial charge in [-0.25, -0.2) is 0 Å². The fraction of sp³-hybridized carbons (Fsp3) is 0.583. The van der Waals surface area contributed by atoms with Crippen LogP contribution in [0.5, 0.6) is 0 Å². The molecule has 0 bridgehead atoms. The topological polar surface area (TPSA) is 100 Å². The monoisotopic (exact) mass is 300 g/mol. The second-order valence-electron chi connectivity index (χ2n) is 4.90. The van der Waals surface area contributed by atoms with Crippen molar-refractivity contribution in [3.05, 3.63) is 17.7 Å². The van der Waals surface area contributed by atoms with Gasteiger partial charge in [0.15, 0.2) is 17.3 Å². The number of rotatable bonds is 4. The number of hydrogen-bond acceptors (Lipinski definition) is 7. The van der Waals surface area contributed by atoms with Gasteiger partial charge in [0, 0.05) is 13.2 Å². The molecule has 2 aromatic heterocycles. The summed E-state index contributed by atoms with van der Waals surface area (Å²) in [4.78, 5) is 4.34. The van der Waals surface area contributed by atoms with Gasteiger partial charge in [0.25, 0.3) is 5.89 Å². The molecule has 1 saturated carbocycles. The average molecular weight is 301 g/mol. The number of hydrogen-bond donors (Lipinski definition) is 1. The zero-order chi connectivity index (χ0) is 13.3. The maximum Gasteiger partial charge on any atom is 0.280 e. The van der Waals surface area contributed by atoms with E-state index in [-0.39, 0.29) is 12.4 Å². The molecular weight excluding hydrogens is 284 g/mol. The third-order valence-electron chi connectivity index (χ3n) is 3.43. The lowest BCUT2D eigenvalue weighted by Gasteiger charge is -2.17. The summed E-state index contributed by atoms with van der Waals surface area (Å²) in [5, 5.41) is 7.85. The maximum absolute atomic E-state index is 6.28. The van der Waals surface area contributed by atoms with Crippen LogP contribution in [0.1, 0.15) is 37.3 Å². The lowest BCUT2D eigenvalue weighted by atomic mass is 9.99. The number of aromatic nitrogens is 3. The summed E-state index contributed by atoms with van der Waals surface area (Å²) < 4.78 is 15.3. The summed E-state index contributed by atoms with van der Waals surface area (Å²) in [6.45, 7) is 0.356. The van der Waals surface area contributed by atoms with Gasteiger partial charge in [-0.05, 0) is 12.8 Å². The Labute approximate surface area is 122 Å². The molecule has 2 aromatic rings. The van der Waals surface area contributed by atoms with Gasteiger partial charge in [0.1, 0.15) is 6.61 Å². The highest BCUT2D eigenvalue weighted by molar-refractivity contribution is 5.85. The van der Waals surface area contributed by atoms with E-state index in [0.717, 1.165) is 25.7 Å². The first-order valence-corrected chi connectivity index (χ1v) is 6.29. The van der Waals surface area contributed by atoms with Gasteiger partial charge in [0.2, 0.25) is 0 Å². The molecular formula is C12H17ClN4O3. The quantitative estimate of drug-likeness (QED) is 0.921. The van der Waals surface area contributed by atoms with Crippen molar-refractivity contribution in [2.45, 2.75) is 37.8 Å². The first kappa shape index (κ1) is 15.0. The van der Waals surface area contributed by atoms with Crippen LogP contribution in [0.3, 0.4) is 0 Å². The van der Waals surface area contributed by atoms with E-state index in [4.69, 9.17) is 19.5 Å². The Kier molecular flexibility index (Phi) is 4.42. The summed E-state index contributed by atoms with van der Waals surface area (Å²) in [5.41, 5.74) is 6.33. The van der Waals surface area contributed by atoms with Crippen molar-refractivity contribution in [3.63, 3.8) is 0 Å². The first-order valence-electron chi connectivity index (χ1n) is 6.29. The Hall–Kier alpha value is -1.44. The largest absolute Gasteiger partial charge is 0.377 e. The van der Waals surface area contributed by atoms with E-state index in [2.05, 4.69) is 15.3 Å². The third-order valence-corrected chi connectivity index (χ3v) is 3.43. The van der Waals surface area contributed by atoms with E-state index in [1.165, 1.54) is 0 Å². The molecule has 0 unspecified atom stereocenters. The van der Waals surface area contributed by atoms with Crippen molar-refractivity contribution in [2.75, 3.05) is 7.11 Å². The molecule has 0 saturated heterocycles. The van der Waals surface area contributed by atoms with Gasteiger partial charge in [-0.3, -0.25) is 0 Å². The molecule has 1 aliphatic carbocycles. The van der Waals surface area contributed by atoms with E-state index in [0.29, 0.717) is 29.8 Å². The molecule has 3 rings (SSSR count). The molecule has 0 atom stereocenters. The Morgan fingerprint density at radius 2 is 2.05 bits per heavy atom. The number of methoxy groups -OCH3 is 1. The lowest BCUT2D eigenvalue weighted by molar-refractivity contribution is 0.156. The van der Waals surface area contributed by atoms with Crippen molar-refractivity contribution in [1.82, 2.24) is 15.3 Å². The molecule has 0 aromatic carbocycles. The van der Waals surface area contributed by atoms with Crippen LogP contribution >= 0.6 is 12.4 Å². The fourth-order valence-corrected chi connectivity index (χ4v) is 2.38. The Morgan fingerprint density at radius 1 is 1.30 bits per heavy atom. The zero-order valence-corrected chi connectivity index (χ0v) is 12.0. The summed E-state index contributed by atoms with van der Waals surface area (Å²) in [6.07, 6.45) is 3.98. The minimum absolute atomic E-state index is 0. The second kappa shape index (κ2) is 5.90. The molecule has 20 heavy (non-hydrogen) atoms. The van der Waals surface area contributed by atoms with E-state index < -0.39 is 5.54 Å². The van der Waals surface area contributed by atoms with Crippen LogP contribution < -0.4 is 5.73 Å². The van der Waals surface area contributed by atoms with E-state index in [1.54, 1.807) is 13.2 Å². The highest BCUT2D eigenvalue weighted by atomic mass is 35.5. The molecule has 7 nitrogen and oxygen atoms in total. The summed E-state index contributed by atoms with van der Waals surface area (Å²) in [7, 11) is 1.59. The molecule has 2 N–H and O–H groups in total. The molecule has 1 aliphatic rings. The maximum atomic E-state index is 6.28. The minimum atomic E-state index is -0.457. The van der Waals surface area contributed by atoms with Crippen molar-refractivity contribution < 1.29 is 13.8 Å². The second-order valence-corrected chi connectivity index (χ2v) is 4.90. The lowest BCUT2D eigenvalue weighted by Crippen LogP contribution is -2.34. The molecule has 110 valence electrons. The number of ether oxygens (including phenoxy) is 1. The van der Waals surface area contributed by atoms with E-state index >= 15 is 0 Å². The Bertz CT molecular complexity index is 563. The number of nitrogens with zero attached hydrogens (tertiary/aromatic N) is 3. The number of halogens is 1. The highest BCUT2D eigenvalue weighted by Crippen LogP contribution is 2.35. The van der Waals surface area contributed by atoms with Crippen LogP contribution in [0.2, 0.25) is 0 Å². The van der Waals surface area contributed by atoms with Gasteiger partial charge >= 0.3 is 0 Å². The molecule has 0 amide bonds. The first-order chi connectivity index (χ1) is 9.21. The summed E-state index contributed by atoms with van der Waals surface area (Å²) >= 11 is 0. The van der Waals surface area contributed by atoms with Crippen LogP contribution in [-0.2, 0) is 16.9 Å². The molecule has 1 fully saturated rings. The normalized spacial score (nSPS) is 17.1. The summed E-state index contributed by atoms with van der Waals surface area (Å²) in [5.74, 6) is 1.50. The predicted octanol–water partition coefficient (Wildman–Crippen LogP) is 2.02. The average Bonchev–Trinajstić information content (AvgIpc) is 3.07. The van der Waals surface area contributed by atoms with Gasteiger partial charge in [-0.1, -0.05) is 23.2 Å². The smallest absolute Gasteiger partial charge is 0.280 e.